The van der Waals surface area contributed by atoms with Crippen LogP contribution in [0.4, 0.5) is 4.79 Å². The van der Waals surface area contributed by atoms with Gasteiger partial charge in [0.25, 0.3) is 0 Å². The molecule has 3 aliphatic rings. The molecule has 8 heteroatoms. The number of rotatable bonds is 4. The minimum Gasteiger partial charge on any atom is -0.454 e. The minimum absolute atomic E-state index is 0.0460. The number of H-pyrrole nitrogens is 1. The third kappa shape index (κ3) is 3.43. The molecule has 1 aromatic carbocycles. The standard InChI is InChI=1S/C19H23N5O3/c25-19(20-9-12-3-6-15-16(8-12)27-11-26-15)24-7-1-2-14(10-24)18-21-17(22-23-18)13-4-5-13/h3,6,8,13-14H,1-2,4-5,7,9-11H2,(H,20,25)(H,21,22,23). The van der Waals surface area contributed by atoms with Crippen LogP contribution < -0.4 is 14.8 Å². The SMILES string of the molecule is O=C(NCc1ccc2c(c1)OCO2)N1CCCC(c2n[nH]c(C3CC3)n2)C1. The van der Waals surface area contributed by atoms with Gasteiger partial charge in [0, 0.05) is 31.5 Å². The van der Waals surface area contributed by atoms with E-state index in [2.05, 4.69) is 20.5 Å². The Bertz CT molecular complexity index is 848. The first-order valence-electron chi connectivity index (χ1n) is 9.60. The molecule has 0 spiro atoms. The molecule has 3 heterocycles. The molecule has 1 unspecified atom stereocenters. The number of benzene rings is 1. The molecule has 27 heavy (non-hydrogen) atoms. The average Bonchev–Trinajstić information content (AvgIpc) is 3.25. The van der Waals surface area contributed by atoms with Crippen LogP contribution in [-0.2, 0) is 6.54 Å². The van der Waals surface area contributed by atoms with Gasteiger partial charge < -0.3 is 19.7 Å². The van der Waals surface area contributed by atoms with Gasteiger partial charge in [-0.05, 0) is 43.4 Å². The number of ether oxygens (including phenoxy) is 2. The fourth-order valence-corrected chi connectivity index (χ4v) is 3.72. The van der Waals surface area contributed by atoms with E-state index >= 15 is 0 Å². The Morgan fingerprint density at radius 2 is 2.11 bits per heavy atom. The zero-order chi connectivity index (χ0) is 18.2. The van der Waals surface area contributed by atoms with Crippen molar-refractivity contribution in [3.63, 3.8) is 0 Å². The summed E-state index contributed by atoms with van der Waals surface area (Å²) in [4.78, 5) is 19.2. The summed E-state index contributed by atoms with van der Waals surface area (Å²) in [6.45, 7) is 2.14. The van der Waals surface area contributed by atoms with Crippen LogP contribution in [0.2, 0.25) is 0 Å². The average molecular weight is 369 g/mol. The molecule has 1 aromatic heterocycles. The highest BCUT2D eigenvalue weighted by atomic mass is 16.7. The monoisotopic (exact) mass is 369 g/mol. The Morgan fingerprint density at radius 1 is 1.22 bits per heavy atom. The number of aromatic nitrogens is 3. The summed E-state index contributed by atoms with van der Waals surface area (Å²) in [5, 5.41) is 10.5. The predicted molar refractivity (Wildman–Crippen MR) is 96.7 cm³/mol. The van der Waals surface area contributed by atoms with Gasteiger partial charge in [-0.3, -0.25) is 5.10 Å². The van der Waals surface area contributed by atoms with Crippen molar-refractivity contribution in [3.05, 3.63) is 35.4 Å². The molecule has 1 atom stereocenters. The highest BCUT2D eigenvalue weighted by molar-refractivity contribution is 5.74. The molecular formula is C19H23N5O3. The summed E-state index contributed by atoms with van der Waals surface area (Å²) in [5.74, 6) is 4.12. The largest absolute Gasteiger partial charge is 0.454 e. The molecule has 1 saturated heterocycles. The number of hydrogen-bond donors (Lipinski definition) is 2. The van der Waals surface area contributed by atoms with Crippen LogP contribution in [0, 0.1) is 0 Å². The van der Waals surface area contributed by atoms with Gasteiger partial charge in [-0.2, -0.15) is 5.10 Å². The number of carbonyl (C=O) groups is 1. The van der Waals surface area contributed by atoms with Crippen LogP contribution in [0.25, 0.3) is 0 Å². The fraction of sp³-hybridized carbons (Fsp3) is 0.526. The maximum Gasteiger partial charge on any atom is 0.317 e. The number of nitrogens with zero attached hydrogens (tertiary/aromatic N) is 3. The highest BCUT2D eigenvalue weighted by Crippen LogP contribution is 2.38. The number of likely N-dealkylation sites (tertiary alicyclic amines) is 1. The van der Waals surface area contributed by atoms with E-state index in [-0.39, 0.29) is 18.7 Å². The molecular weight excluding hydrogens is 346 g/mol. The van der Waals surface area contributed by atoms with Gasteiger partial charge >= 0.3 is 6.03 Å². The summed E-state index contributed by atoms with van der Waals surface area (Å²) in [6, 6.07) is 5.69. The van der Waals surface area contributed by atoms with E-state index in [1.165, 1.54) is 12.8 Å². The number of hydrogen-bond acceptors (Lipinski definition) is 5. The number of piperidine rings is 1. The second-order valence-electron chi connectivity index (χ2n) is 7.48. The second kappa shape index (κ2) is 6.75. The lowest BCUT2D eigenvalue weighted by Crippen LogP contribution is -2.44. The molecule has 2 amide bonds. The van der Waals surface area contributed by atoms with Crippen molar-refractivity contribution >= 4 is 6.03 Å². The van der Waals surface area contributed by atoms with Crippen molar-refractivity contribution in [1.29, 1.82) is 0 Å². The van der Waals surface area contributed by atoms with E-state index in [1.807, 2.05) is 23.1 Å². The smallest absolute Gasteiger partial charge is 0.317 e. The zero-order valence-corrected chi connectivity index (χ0v) is 15.1. The third-order valence-electron chi connectivity index (χ3n) is 5.44. The van der Waals surface area contributed by atoms with Crippen molar-refractivity contribution in [1.82, 2.24) is 25.4 Å². The van der Waals surface area contributed by atoms with Crippen molar-refractivity contribution in [2.75, 3.05) is 19.9 Å². The second-order valence-corrected chi connectivity index (χ2v) is 7.48. The van der Waals surface area contributed by atoms with E-state index in [1.54, 1.807) is 0 Å². The molecule has 0 radical (unpaired) electrons. The van der Waals surface area contributed by atoms with Crippen molar-refractivity contribution in [2.24, 2.45) is 0 Å². The lowest BCUT2D eigenvalue weighted by molar-refractivity contribution is 0.173. The Labute approximate surface area is 157 Å². The Balaban J connectivity index is 1.18. The van der Waals surface area contributed by atoms with Crippen LogP contribution in [0.1, 0.15) is 54.7 Å². The van der Waals surface area contributed by atoms with Crippen LogP contribution >= 0.6 is 0 Å². The summed E-state index contributed by atoms with van der Waals surface area (Å²) in [7, 11) is 0. The van der Waals surface area contributed by atoms with Crippen molar-refractivity contribution < 1.29 is 14.3 Å². The van der Waals surface area contributed by atoms with Crippen LogP contribution in [0.3, 0.4) is 0 Å². The first-order chi connectivity index (χ1) is 13.3. The lowest BCUT2D eigenvalue weighted by atomic mass is 9.97. The number of carbonyl (C=O) groups excluding carboxylic acids is 1. The molecule has 2 fully saturated rings. The van der Waals surface area contributed by atoms with Crippen molar-refractivity contribution in [2.45, 2.75) is 44.1 Å². The van der Waals surface area contributed by atoms with Gasteiger partial charge in [-0.15, -0.1) is 0 Å². The number of urea groups is 1. The summed E-state index contributed by atoms with van der Waals surface area (Å²) < 4.78 is 10.7. The van der Waals surface area contributed by atoms with E-state index in [4.69, 9.17) is 9.47 Å². The van der Waals surface area contributed by atoms with E-state index in [0.29, 0.717) is 19.0 Å². The molecule has 8 nitrogen and oxygen atoms in total. The van der Waals surface area contributed by atoms with E-state index < -0.39 is 0 Å². The van der Waals surface area contributed by atoms with E-state index in [0.717, 1.165) is 48.1 Å². The van der Waals surface area contributed by atoms with Gasteiger partial charge in [0.1, 0.15) is 5.82 Å². The molecule has 0 bridgehead atoms. The molecule has 5 rings (SSSR count). The Kier molecular flexibility index (Phi) is 4.10. The lowest BCUT2D eigenvalue weighted by Gasteiger charge is -2.31. The Morgan fingerprint density at radius 3 is 3.00 bits per heavy atom. The maximum atomic E-state index is 12.6. The van der Waals surface area contributed by atoms with Gasteiger partial charge in [0.05, 0.1) is 0 Å². The highest BCUT2D eigenvalue weighted by Gasteiger charge is 2.31. The van der Waals surface area contributed by atoms with Crippen molar-refractivity contribution in [3.8, 4) is 11.5 Å². The first kappa shape index (κ1) is 16.4. The number of fused-ring (bicyclic) bond motifs is 1. The summed E-state index contributed by atoms with van der Waals surface area (Å²) >= 11 is 0. The number of nitrogens with one attached hydrogen (secondary N) is 2. The predicted octanol–water partition coefficient (Wildman–Crippen LogP) is 2.50. The normalized spacial score (nSPS) is 21.3. The van der Waals surface area contributed by atoms with Crippen LogP contribution in [0.5, 0.6) is 11.5 Å². The summed E-state index contributed by atoms with van der Waals surface area (Å²) in [5.41, 5.74) is 0.990. The Hall–Kier alpha value is -2.77. The van der Waals surface area contributed by atoms with Gasteiger partial charge in [0.15, 0.2) is 17.3 Å². The van der Waals surface area contributed by atoms with Crippen LogP contribution in [-0.4, -0.2) is 46.0 Å². The molecule has 2 aromatic rings. The molecule has 2 aliphatic heterocycles. The zero-order valence-electron chi connectivity index (χ0n) is 15.1. The maximum absolute atomic E-state index is 12.6. The summed E-state index contributed by atoms with van der Waals surface area (Å²) in [6.07, 6.45) is 4.39. The topological polar surface area (TPSA) is 92.4 Å². The van der Waals surface area contributed by atoms with Crippen LogP contribution in [0.15, 0.2) is 18.2 Å². The molecule has 2 N–H and O–H groups in total. The quantitative estimate of drug-likeness (QED) is 0.864. The third-order valence-corrected chi connectivity index (χ3v) is 5.44. The fourth-order valence-electron chi connectivity index (χ4n) is 3.72. The molecule has 1 saturated carbocycles. The number of amides is 2. The van der Waals surface area contributed by atoms with Gasteiger partial charge in [-0.25, -0.2) is 9.78 Å². The number of aromatic amines is 1. The van der Waals surface area contributed by atoms with Gasteiger partial charge in [-0.1, -0.05) is 6.07 Å². The minimum atomic E-state index is -0.0460. The molecule has 1 aliphatic carbocycles. The first-order valence-corrected chi connectivity index (χ1v) is 9.60. The molecule has 142 valence electrons. The van der Waals surface area contributed by atoms with E-state index in [9.17, 15) is 4.79 Å². The van der Waals surface area contributed by atoms with Gasteiger partial charge in [0.2, 0.25) is 6.79 Å².